The van der Waals surface area contributed by atoms with Crippen LogP contribution in [-0.4, -0.2) is 37.6 Å². The standard InChI is InChI=1S/C22H22FN3O4S2/c1-3-26(4-2)32(29,30)17-10-11-19(23)18(14-17)21(27)24-15-7-5-8-16(13-15)25-22(28)20-9-6-12-31-20/h5-14H,3-4H2,1-2H3,(H,24,27)(H,25,28). The minimum Gasteiger partial charge on any atom is -0.322 e. The molecule has 3 rings (SSSR count). The topological polar surface area (TPSA) is 95.6 Å². The Morgan fingerprint density at radius 3 is 2.19 bits per heavy atom. The number of nitrogens with one attached hydrogen (secondary N) is 2. The van der Waals surface area contributed by atoms with E-state index in [0.29, 0.717) is 16.3 Å². The molecule has 0 saturated carbocycles. The summed E-state index contributed by atoms with van der Waals surface area (Å²) in [6, 6.07) is 13.0. The van der Waals surface area contributed by atoms with Gasteiger partial charge in [-0.3, -0.25) is 9.59 Å². The quantitative estimate of drug-likeness (QED) is 0.504. The van der Waals surface area contributed by atoms with Crippen LogP contribution < -0.4 is 10.6 Å². The number of sulfonamides is 1. The van der Waals surface area contributed by atoms with Crippen LogP contribution >= 0.6 is 11.3 Å². The third kappa shape index (κ3) is 5.21. The van der Waals surface area contributed by atoms with Crippen LogP contribution in [0.15, 0.2) is 64.9 Å². The molecule has 0 aliphatic rings. The molecule has 0 unspecified atom stereocenters. The van der Waals surface area contributed by atoms with E-state index in [-0.39, 0.29) is 23.9 Å². The SMILES string of the molecule is CCN(CC)S(=O)(=O)c1ccc(F)c(C(=O)Nc2cccc(NC(=O)c3cccs3)c2)c1. The first-order valence-corrected chi connectivity index (χ1v) is 12.1. The number of thiophene rings is 1. The molecule has 0 bridgehead atoms. The van der Waals surface area contributed by atoms with Crippen LogP contribution in [0.5, 0.6) is 0 Å². The molecule has 0 aliphatic carbocycles. The smallest absolute Gasteiger partial charge is 0.265 e. The number of anilines is 2. The monoisotopic (exact) mass is 475 g/mol. The average molecular weight is 476 g/mol. The maximum Gasteiger partial charge on any atom is 0.265 e. The van der Waals surface area contributed by atoms with Gasteiger partial charge in [0.1, 0.15) is 5.82 Å². The van der Waals surface area contributed by atoms with E-state index in [2.05, 4.69) is 10.6 Å². The van der Waals surface area contributed by atoms with Crippen molar-refractivity contribution >= 4 is 44.5 Å². The first-order chi connectivity index (χ1) is 15.3. The van der Waals surface area contributed by atoms with E-state index in [1.54, 1.807) is 49.6 Å². The Kier molecular flexibility index (Phi) is 7.39. The van der Waals surface area contributed by atoms with Gasteiger partial charge in [-0.2, -0.15) is 4.31 Å². The van der Waals surface area contributed by atoms with E-state index in [0.717, 1.165) is 18.2 Å². The molecule has 0 spiro atoms. The molecule has 7 nitrogen and oxygen atoms in total. The summed E-state index contributed by atoms with van der Waals surface area (Å²) in [4.78, 5) is 25.3. The van der Waals surface area contributed by atoms with Crippen LogP contribution in [0, 0.1) is 5.82 Å². The summed E-state index contributed by atoms with van der Waals surface area (Å²) in [5.74, 6) is -1.94. The first-order valence-electron chi connectivity index (χ1n) is 9.82. The van der Waals surface area contributed by atoms with Gasteiger partial charge in [0.25, 0.3) is 11.8 Å². The lowest BCUT2D eigenvalue weighted by atomic mass is 10.2. The summed E-state index contributed by atoms with van der Waals surface area (Å²) >= 11 is 1.30. The molecule has 0 aliphatic heterocycles. The predicted molar refractivity (Wildman–Crippen MR) is 123 cm³/mol. The molecular formula is C22H22FN3O4S2. The second-order valence-corrected chi connectivity index (χ2v) is 9.58. The van der Waals surface area contributed by atoms with E-state index in [9.17, 15) is 22.4 Å². The molecule has 168 valence electrons. The van der Waals surface area contributed by atoms with E-state index < -0.39 is 27.3 Å². The lowest BCUT2D eigenvalue weighted by Crippen LogP contribution is -2.31. The van der Waals surface area contributed by atoms with Gasteiger partial charge in [0.05, 0.1) is 15.3 Å². The Labute approximate surface area is 189 Å². The highest BCUT2D eigenvalue weighted by molar-refractivity contribution is 7.89. The zero-order valence-corrected chi connectivity index (χ0v) is 19.1. The van der Waals surface area contributed by atoms with E-state index >= 15 is 0 Å². The van der Waals surface area contributed by atoms with Gasteiger partial charge >= 0.3 is 0 Å². The van der Waals surface area contributed by atoms with Crippen LogP contribution in [0.3, 0.4) is 0 Å². The van der Waals surface area contributed by atoms with Gasteiger partial charge in [0.15, 0.2) is 0 Å². The van der Waals surface area contributed by atoms with Crippen molar-refractivity contribution in [2.75, 3.05) is 23.7 Å². The minimum atomic E-state index is -3.85. The van der Waals surface area contributed by atoms with Crippen molar-refractivity contribution in [3.05, 3.63) is 76.2 Å². The average Bonchev–Trinajstić information content (AvgIpc) is 3.30. The van der Waals surface area contributed by atoms with Crippen molar-refractivity contribution in [3.8, 4) is 0 Å². The maximum atomic E-state index is 14.4. The largest absolute Gasteiger partial charge is 0.322 e. The van der Waals surface area contributed by atoms with Crippen molar-refractivity contribution < 1.29 is 22.4 Å². The van der Waals surface area contributed by atoms with Gasteiger partial charge in [-0.25, -0.2) is 12.8 Å². The Hall–Kier alpha value is -3.08. The highest BCUT2D eigenvalue weighted by Crippen LogP contribution is 2.22. The van der Waals surface area contributed by atoms with Gasteiger partial charge in [0.2, 0.25) is 10.0 Å². The normalized spacial score (nSPS) is 11.4. The predicted octanol–water partition coefficient (Wildman–Crippen LogP) is 4.42. The molecule has 3 aromatic rings. The Morgan fingerprint density at radius 1 is 0.938 bits per heavy atom. The summed E-state index contributed by atoms with van der Waals surface area (Å²) in [6.07, 6.45) is 0. The van der Waals surface area contributed by atoms with Crippen LogP contribution in [0.2, 0.25) is 0 Å². The molecule has 0 radical (unpaired) electrons. The van der Waals surface area contributed by atoms with Crippen LogP contribution in [0.1, 0.15) is 33.9 Å². The van der Waals surface area contributed by atoms with Crippen molar-refractivity contribution in [2.45, 2.75) is 18.7 Å². The number of halogens is 1. The molecule has 0 atom stereocenters. The highest BCUT2D eigenvalue weighted by atomic mass is 32.2. The fraction of sp³-hybridized carbons (Fsp3) is 0.182. The third-order valence-corrected chi connectivity index (χ3v) is 7.56. The van der Waals surface area contributed by atoms with Crippen molar-refractivity contribution in [3.63, 3.8) is 0 Å². The van der Waals surface area contributed by atoms with E-state index in [1.807, 2.05) is 0 Å². The summed E-state index contributed by atoms with van der Waals surface area (Å²) in [5.41, 5.74) is 0.362. The van der Waals surface area contributed by atoms with Crippen molar-refractivity contribution in [1.29, 1.82) is 0 Å². The van der Waals surface area contributed by atoms with Crippen LogP contribution in [0.25, 0.3) is 0 Å². The van der Waals surface area contributed by atoms with Gasteiger partial charge in [-0.15, -0.1) is 11.3 Å². The zero-order valence-electron chi connectivity index (χ0n) is 17.5. The van der Waals surface area contributed by atoms with Gasteiger partial charge in [-0.05, 0) is 47.8 Å². The number of rotatable bonds is 8. The fourth-order valence-electron chi connectivity index (χ4n) is 3.03. The number of hydrogen-bond acceptors (Lipinski definition) is 5. The number of carbonyl (C=O) groups is 2. The number of carbonyl (C=O) groups excluding carboxylic acids is 2. The highest BCUT2D eigenvalue weighted by Gasteiger charge is 2.24. The number of benzene rings is 2. The summed E-state index contributed by atoms with van der Waals surface area (Å²) in [6.45, 7) is 3.90. The molecule has 0 fully saturated rings. The molecule has 32 heavy (non-hydrogen) atoms. The lowest BCUT2D eigenvalue weighted by molar-refractivity contribution is 0.101. The number of amides is 2. The minimum absolute atomic E-state index is 0.162. The number of hydrogen-bond donors (Lipinski definition) is 2. The molecule has 1 heterocycles. The van der Waals surface area contributed by atoms with Crippen molar-refractivity contribution in [1.82, 2.24) is 4.31 Å². The summed E-state index contributed by atoms with van der Waals surface area (Å²) < 4.78 is 41.0. The zero-order chi connectivity index (χ0) is 23.3. The third-order valence-electron chi connectivity index (χ3n) is 4.65. The number of nitrogens with zero attached hydrogens (tertiary/aromatic N) is 1. The van der Waals surface area contributed by atoms with E-state index in [1.165, 1.54) is 21.7 Å². The second kappa shape index (κ2) is 10.0. The van der Waals surface area contributed by atoms with E-state index in [4.69, 9.17) is 0 Å². The first kappa shape index (κ1) is 23.6. The Balaban J connectivity index is 1.81. The molecule has 2 aromatic carbocycles. The molecule has 2 amide bonds. The molecule has 0 saturated heterocycles. The van der Waals surface area contributed by atoms with Crippen LogP contribution in [0.4, 0.5) is 15.8 Å². The molecule has 2 N–H and O–H groups in total. The maximum absolute atomic E-state index is 14.4. The fourth-order valence-corrected chi connectivity index (χ4v) is 5.13. The summed E-state index contributed by atoms with van der Waals surface area (Å²) in [7, 11) is -3.85. The molecular weight excluding hydrogens is 453 g/mol. The van der Waals surface area contributed by atoms with Gasteiger partial charge < -0.3 is 10.6 Å². The van der Waals surface area contributed by atoms with Crippen molar-refractivity contribution in [2.24, 2.45) is 0 Å². The van der Waals surface area contributed by atoms with Gasteiger partial charge in [-0.1, -0.05) is 26.0 Å². The Morgan fingerprint density at radius 2 is 1.59 bits per heavy atom. The molecule has 10 heteroatoms. The lowest BCUT2D eigenvalue weighted by Gasteiger charge is -2.19. The van der Waals surface area contributed by atoms with Gasteiger partial charge in [0, 0.05) is 24.5 Å². The Bertz CT molecular complexity index is 1220. The second-order valence-electron chi connectivity index (χ2n) is 6.70. The molecule has 1 aromatic heterocycles. The van der Waals surface area contributed by atoms with Crippen LogP contribution in [-0.2, 0) is 10.0 Å². The summed E-state index contributed by atoms with van der Waals surface area (Å²) in [5, 5.41) is 7.06.